The molecule has 0 aliphatic heterocycles. The molecule has 0 saturated heterocycles. The third-order valence-corrected chi connectivity index (χ3v) is 4.01. The van der Waals surface area contributed by atoms with Crippen molar-refractivity contribution in [2.24, 2.45) is 0 Å². The number of benzene rings is 1. The Morgan fingerprint density at radius 3 is 2.80 bits per heavy atom. The van der Waals surface area contributed by atoms with Crippen LogP contribution in [0.25, 0.3) is 6.08 Å². The molecular weight excluding hydrogens is 297 g/mol. The third-order valence-electron chi connectivity index (χ3n) is 3.43. The second kappa shape index (κ2) is 7.11. The van der Waals surface area contributed by atoms with Gasteiger partial charge in [-0.3, -0.25) is 4.79 Å². The van der Waals surface area contributed by atoms with Crippen LogP contribution in [0.1, 0.15) is 31.2 Å². The number of aliphatic hydroxyl groups excluding tert-OH is 1. The minimum absolute atomic E-state index is 0.157. The highest BCUT2D eigenvalue weighted by Crippen LogP contribution is 2.22. The van der Waals surface area contributed by atoms with Gasteiger partial charge in [0.1, 0.15) is 0 Å². The topological polar surface area (TPSA) is 49.3 Å². The van der Waals surface area contributed by atoms with Gasteiger partial charge in [-0.1, -0.05) is 36.0 Å². The average molecular weight is 314 g/mol. The average Bonchev–Trinajstić information content (AvgIpc) is 2.42. The molecule has 2 N–H and O–H groups in total. The van der Waals surface area contributed by atoms with Crippen molar-refractivity contribution in [1.82, 2.24) is 5.32 Å². The first-order valence-electron chi connectivity index (χ1n) is 6.68. The van der Waals surface area contributed by atoms with Crippen LogP contribution in [-0.2, 0) is 4.79 Å². The molecule has 2 atom stereocenters. The molecule has 20 heavy (non-hydrogen) atoms. The highest BCUT2D eigenvalue weighted by Gasteiger charge is 2.23. The fourth-order valence-electron chi connectivity index (χ4n) is 2.32. The van der Waals surface area contributed by atoms with E-state index in [2.05, 4.69) is 5.32 Å². The van der Waals surface area contributed by atoms with E-state index >= 15 is 0 Å². The van der Waals surface area contributed by atoms with Gasteiger partial charge in [0.15, 0.2) is 0 Å². The minimum atomic E-state index is -0.448. The van der Waals surface area contributed by atoms with E-state index in [0.717, 1.165) is 25.7 Å². The van der Waals surface area contributed by atoms with Crippen LogP contribution in [-0.4, -0.2) is 23.2 Å². The number of halogens is 2. The summed E-state index contributed by atoms with van der Waals surface area (Å²) in [5.74, 6) is -0.230. The monoisotopic (exact) mass is 313 g/mol. The SMILES string of the molecule is O=C(/C=C/c1cc(Cl)ccc1Cl)N[C@@H]1CCCC[C@H]1O. The van der Waals surface area contributed by atoms with Crippen LogP contribution in [0.15, 0.2) is 24.3 Å². The van der Waals surface area contributed by atoms with Crippen LogP contribution in [0.3, 0.4) is 0 Å². The Balaban J connectivity index is 1.96. The second-order valence-electron chi connectivity index (χ2n) is 4.97. The first-order valence-corrected chi connectivity index (χ1v) is 7.43. The number of aliphatic hydroxyl groups is 1. The molecule has 2 rings (SSSR count). The van der Waals surface area contributed by atoms with E-state index in [-0.39, 0.29) is 11.9 Å². The van der Waals surface area contributed by atoms with Gasteiger partial charge >= 0.3 is 0 Å². The van der Waals surface area contributed by atoms with E-state index < -0.39 is 6.10 Å². The Bertz CT molecular complexity index is 517. The van der Waals surface area contributed by atoms with Crippen LogP contribution in [0.4, 0.5) is 0 Å². The summed E-state index contributed by atoms with van der Waals surface area (Å²) in [5.41, 5.74) is 0.693. The van der Waals surface area contributed by atoms with Crippen molar-refractivity contribution in [1.29, 1.82) is 0 Å². The van der Waals surface area contributed by atoms with Crippen molar-refractivity contribution in [2.75, 3.05) is 0 Å². The van der Waals surface area contributed by atoms with E-state index in [1.54, 1.807) is 24.3 Å². The summed E-state index contributed by atoms with van der Waals surface area (Å²) in [6.07, 6.45) is 6.20. The second-order valence-corrected chi connectivity index (χ2v) is 5.81. The summed E-state index contributed by atoms with van der Waals surface area (Å²) in [6.45, 7) is 0. The Morgan fingerprint density at radius 1 is 1.30 bits per heavy atom. The molecule has 0 bridgehead atoms. The Labute approximate surface area is 128 Å². The lowest BCUT2D eigenvalue weighted by Gasteiger charge is -2.27. The molecular formula is C15H17Cl2NO2. The van der Waals surface area contributed by atoms with Crippen LogP contribution in [0.2, 0.25) is 10.0 Å². The Morgan fingerprint density at radius 2 is 2.05 bits per heavy atom. The lowest BCUT2D eigenvalue weighted by molar-refractivity contribution is -0.118. The summed E-state index contributed by atoms with van der Waals surface area (Å²) in [4.78, 5) is 11.8. The molecule has 108 valence electrons. The maximum atomic E-state index is 11.8. The molecule has 1 amide bonds. The van der Waals surface area contributed by atoms with Crippen LogP contribution < -0.4 is 5.32 Å². The number of hydrogen-bond acceptors (Lipinski definition) is 2. The summed E-state index contributed by atoms with van der Waals surface area (Å²) < 4.78 is 0. The van der Waals surface area contributed by atoms with Crippen LogP contribution in [0, 0.1) is 0 Å². The Hall–Kier alpha value is -1.03. The molecule has 3 nitrogen and oxygen atoms in total. The van der Waals surface area contributed by atoms with Gasteiger partial charge < -0.3 is 10.4 Å². The van der Waals surface area contributed by atoms with Gasteiger partial charge in [-0.05, 0) is 42.7 Å². The molecule has 0 radical (unpaired) electrons. The van der Waals surface area contributed by atoms with E-state index in [1.807, 2.05) is 0 Å². The lowest BCUT2D eigenvalue weighted by Crippen LogP contribution is -2.44. The zero-order valence-electron chi connectivity index (χ0n) is 11.0. The smallest absolute Gasteiger partial charge is 0.244 e. The zero-order valence-corrected chi connectivity index (χ0v) is 12.5. The molecule has 1 saturated carbocycles. The molecule has 1 aliphatic carbocycles. The largest absolute Gasteiger partial charge is 0.391 e. The van der Waals surface area contributed by atoms with E-state index in [9.17, 15) is 9.90 Å². The number of rotatable bonds is 3. The van der Waals surface area contributed by atoms with Crippen LogP contribution >= 0.6 is 23.2 Å². The van der Waals surface area contributed by atoms with E-state index in [4.69, 9.17) is 23.2 Å². The van der Waals surface area contributed by atoms with Crippen molar-refractivity contribution in [2.45, 2.75) is 37.8 Å². The van der Waals surface area contributed by atoms with Gasteiger partial charge in [0.2, 0.25) is 5.91 Å². The van der Waals surface area contributed by atoms with Gasteiger partial charge in [-0.2, -0.15) is 0 Å². The molecule has 1 aliphatic rings. The molecule has 5 heteroatoms. The van der Waals surface area contributed by atoms with Gasteiger partial charge in [0, 0.05) is 16.1 Å². The van der Waals surface area contributed by atoms with E-state index in [1.165, 1.54) is 6.08 Å². The standard InChI is InChI=1S/C15H17Cl2NO2/c16-11-6-7-12(17)10(9-11)5-8-15(20)18-13-3-1-2-4-14(13)19/h5-9,13-14,19H,1-4H2,(H,18,20)/b8-5+/t13-,14-/m1/s1. The summed E-state index contributed by atoms with van der Waals surface area (Å²) in [6, 6.07) is 4.92. The van der Waals surface area contributed by atoms with Gasteiger partial charge in [-0.15, -0.1) is 0 Å². The predicted molar refractivity (Wildman–Crippen MR) is 81.9 cm³/mol. The quantitative estimate of drug-likeness (QED) is 0.840. The number of carbonyl (C=O) groups excluding carboxylic acids is 1. The number of hydrogen-bond donors (Lipinski definition) is 2. The number of nitrogens with one attached hydrogen (secondary N) is 1. The summed E-state index contributed by atoms with van der Waals surface area (Å²) in [5, 5.41) is 13.7. The fourth-order valence-corrected chi connectivity index (χ4v) is 2.68. The molecule has 0 heterocycles. The Kier molecular flexibility index (Phi) is 5.46. The molecule has 0 aromatic heterocycles. The fraction of sp³-hybridized carbons (Fsp3) is 0.400. The summed E-state index contributed by atoms with van der Waals surface area (Å²) in [7, 11) is 0. The number of amides is 1. The zero-order chi connectivity index (χ0) is 14.5. The molecule has 0 unspecified atom stereocenters. The first kappa shape index (κ1) is 15.4. The molecule has 1 aromatic carbocycles. The van der Waals surface area contributed by atoms with Crippen molar-refractivity contribution < 1.29 is 9.90 Å². The third kappa shape index (κ3) is 4.23. The van der Waals surface area contributed by atoms with Gasteiger partial charge in [0.25, 0.3) is 0 Å². The highest BCUT2D eigenvalue weighted by atomic mass is 35.5. The van der Waals surface area contributed by atoms with Crippen molar-refractivity contribution in [3.63, 3.8) is 0 Å². The summed E-state index contributed by atoms with van der Waals surface area (Å²) >= 11 is 11.9. The van der Waals surface area contributed by atoms with Gasteiger partial charge in [-0.25, -0.2) is 0 Å². The van der Waals surface area contributed by atoms with Crippen molar-refractivity contribution in [3.05, 3.63) is 39.9 Å². The predicted octanol–water partition coefficient (Wildman–Crippen LogP) is 3.43. The minimum Gasteiger partial charge on any atom is -0.391 e. The van der Waals surface area contributed by atoms with Gasteiger partial charge in [0.05, 0.1) is 12.1 Å². The molecule has 0 spiro atoms. The van der Waals surface area contributed by atoms with Crippen LogP contribution in [0.5, 0.6) is 0 Å². The van der Waals surface area contributed by atoms with Crippen molar-refractivity contribution in [3.8, 4) is 0 Å². The van der Waals surface area contributed by atoms with E-state index in [0.29, 0.717) is 15.6 Å². The lowest BCUT2D eigenvalue weighted by atomic mass is 9.92. The molecule has 1 aromatic rings. The first-order chi connectivity index (χ1) is 9.56. The maximum Gasteiger partial charge on any atom is 0.244 e. The van der Waals surface area contributed by atoms with Crippen molar-refractivity contribution >= 4 is 35.2 Å². The molecule has 1 fully saturated rings. The number of carbonyl (C=O) groups is 1. The highest BCUT2D eigenvalue weighted by molar-refractivity contribution is 6.34. The normalized spacial score (nSPS) is 22.9. The maximum absolute atomic E-state index is 11.8.